The van der Waals surface area contributed by atoms with E-state index in [0.717, 1.165) is 0 Å². The van der Waals surface area contributed by atoms with Gasteiger partial charge in [-0.15, -0.1) is 5.10 Å². The van der Waals surface area contributed by atoms with Crippen LogP contribution in [-0.4, -0.2) is 22.0 Å². The number of hydrogen-bond acceptors (Lipinski definition) is 4. The highest BCUT2D eigenvalue weighted by Crippen LogP contribution is 2.30. The molecule has 0 N–H and O–H groups in total. The van der Waals surface area contributed by atoms with Gasteiger partial charge in [-0.2, -0.15) is 0 Å². The van der Waals surface area contributed by atoms with Gasteiger partial charge in [0.2, 0.25) is 5.90 Å². The Labute approximate surface area is 106 Å². The topological polar surface area (TPSA) is 56.5 Å². The molecule has 0 atom stereocenters. The highest BCUT2D eigenvalue weighted by Gasteiger charge is 2.22. The molecule has 17 heavy (non-hydrogen) atoms. The minimum absolute atomic E-state index is 0.301. The van der Waals surface area contributed by atoms with E-state index in [0.29, 0.717) is 45.7 Å². The Kier molecular flexibility index (Phi) is 2.31. The summed E-state index contributed by atoms with van der Waals surface area (Å²) in [7, 11) is 0. The van der Waals surface area contributed by atoms with Crippen LogP contribution in [0.1, 0.15) is 5.82 Å². The number of carbonyl (C=O) groups is 1. The van der Waals surface area contributed by atoms with Crippen molar-refractivity contribution in [2.45, 2.75) is 6.42 Å². The summed E-state index contributed by atoms with van der Waals surface area (Å²) >= 11 is 12.0. The average Bonchev–Trinajstić information content (AvgIpc) is 2.73. The molecule has 5 nitrogen and oxygen atoms in total. The number of fused-ring (bicyclic) bond motifs is 3. The molecule has 0 radical (unpaired) electrons. The van der Waals surface area contributed by atoms with Gasteiger partial charge in [0, 0.05) is 5.02 Å². The van der Waals surface area contributed by atoms with Crippen LogP contribution in [0.15, 0.2) is 17.2 Å². The molecule has 2 heterocycles. The van der Waals surface area contributed by atoms with Gasteiger partial charge in [0.05, 0.1) is 17.0 Å². The minimum atomic E-state index is 0.301. The second kappa shape index (κ2) is 3.72. The van der Waals surface area contributed by atoms with Gasteiger partial charge in [0.15, 0.2) is 0 Å². The number of hydrogen-bond donors (Lipinski definition) is 0. The monoisotopic (exact) mass is 269 g/mol. The fourth-order valence-electron chi connectivity index (χ4n) is 1.79. The molecule has 7 heteroatoms. The number of nitrogens with zero attached hydrogens (tertiary/aromatic N) is 3. The molecule has 0 saturated heterocycles. The molecule has 1 aliphatic rings. The standard InChI is InChI=1S/C10H5Cl2N3O2/c11-5-1-6(12)10-7(2-5)13-8-3-9(17-4-16)14-15(8)10/h1-2,4H,3H2. The number of aromatic nitrogens is 2. The van der Waals surface area contributed by atoms with Crippen molar-refractivity contribution in [3.63, 3.8) is 0 Å². The Hall–Kier alpha value is -1.59. The van der Waals surface area contributed by atoms with Crippen molar-refractivity contribution in [1.82, 2.24) is 9.66 Å². The lowest BCUT2D eigenvalue weighted by molar-refractivity contribution is -0.121. The molecule has 0 aliphatic carbocycles. The average molecular weight is 270 g/mol. The summed E-state index contributed by atoms with van der Waals surface area (Å²) in [5.41, 5.74) is 1.34. The summed E-state index contributed by atoms with van der Waals surface area (Å²) < 4.78 is 6.26. The molecule has 0 fully saturated rings. The van der Waals surface area contributed by atoms with Crippen LogP contribution >= 0.6 is 23.2 Å². The fourth-order valence-corrected chi connectivity index (χ4v) is 2.35. The van der Waals surface area contributed by atoms with Crippen LogP contribution in [-0.2, 0) is 16.0 Å². The van der Waals surface area contributed by atoms with E-state index in [-0.39, 0.29) is 0 Å². The second-order valence-electron chi connectivity index (χ2n) is 3.48. The summed E-state index contributed by atoms with van der Waals surface area (Å²) in [5.74, 6) is 0.969. The third kappa shape index (κ3) is 1.59. The molecule has 0 spiro atoms. The van der Waals surface area contributed by atoms with Gasteiger partial charge in [-0.1, -0.05) is 23.2 Å². The highest BCUT2D eigenvalue weighted by molar-refractivity contribution is 6.38. The normalized spacial score (nSPS) is 13.6. The molecule has 1 aliphatic heterocycles. The maximum Gasteiger partial charge on any atom is 0.299 e. The Balaban J connectivity index is 2.22. The van der Waals surface area contributed by atoms with Gasteiger partial charge in [0.25, 0.3) is 6.47 Å². The van der Waals surface area contributed by atoms with Crippen molar-refractivity contribution in [2.75, 3.05) is 0 Å². The van der Waals surface area contributed by atoms with E-state index in [4.69, 9.17) is 27.9 Å². The van der Waals surface area contributed by atoms with Crippen molar-refractivity contribution in [3.05, 3.63) is 28.0 Å². The second-order valence-corrected chi connectivity index (χ2v) is 4.32. The third-order valence-corrected chi connectivity index (χ3v) is 2.93. The summed E-state index contributed by atoms with van der Waals surface area (Å²) in [6, 6.07) is 3.33. The first-order chi connectivity index (χ1) is 8.19. The zero-order valence-electron chi connectivity index (χ0n) is 8.35. The van der Waals surface area contributed by atoms with Crippen LogP contribution in [0.25, 0.3) is 11.0 Å². The fraction of sp³-hybridized carbons (Fsp3) is 0.100. The number of ether oxygens (including phenoxy) is 1. The first-order valence-electron chi connectivity index (χ1n) is 4.73. The van der Waals surface area contributed by atoms with E-state index < -0.39 is 0 Å². The molecule has 3 rings (SSSR count). The van der Waals surface area contributed by atoms with Gasteiger partial charge in [0.1, 0.15) is 11.3 Å². The minimum Gasteiger partial charge on any atom is -0.412 e. The van der Waals surface area contributed by atoms with Crippen molar-refractivity contribution >= 4 is 46.6 Å². The third-order valence-electron chi connectivity index (χ3n) is 2.42. The zero-order valence-corrected chi connectivity index (χ0v) is 9.87. The molecule has 2 aromatic rings. The Morgan fingerprint density at radius 2 is 2.24 bits per heavy atom. The molecule has 1 aromatic heterocycles. The molecule has 86 valence electrons. The number of imidazole rings is 1. The van der Waals surface area contributed by atoms with Crippen molar-refractivity contribution in [1.29, 1.82) is 0 Å². The van der Waals surface area contributed by atoms with Crippen LogP contribution in [0.5, 0.6) is 0 Å². The van der Waals surface area contributed by atoms with E-state index in [9.17, 15) is 4.79 Å². The first-order valence-corrected chi connectivity index (χ1v) is 5.49. The molecular formula is C10H5Cl2N3O2. The summed E-state index contributed by atoms with van der Waals surface area (Å²) in [6.07, 6.45) is 0.362. The molecule has 0 unspecified atom stereocenters. The molecule has 0 saturated carbocycles. The number of carbonyl (C=O) groups excluding carboxylic acids is 1. The van der Waals surface area contributed by atoms with Crippen LogP contribution in [0, 0.1) is 0 Å². The Bertz CT molecular complexity index is 663. The Morgan fingerprint density at radius 3 is 3.00 bits per heavy atom. The summed E-state index contributed by atoms with van der Waals surface area (Å²) in [6.45, 7) is 0.339. The predicted octanol–water partition coefficient (Wildman–Crippen LogP) is 2.23. The molecule has 0 bridgehead atoms. The largest absolute Gasteiger partial charge is 0.412 e. The van der Waals surface area contributed by atoms with Gasteiger partial charge >= 0.3 is 0 Å². The van der Waals surface area contributed by atoms with Crippen molar-refractivity contribution in [2.24, 2.45) is 5.10 Å². The lowest BCUT2D eigenvalue weighted by Crippen LogP contribution is -2.02. The quantitative estimate of drug-likeness (QED) is 0.746. The van der Waals surface area contributed by atoms with Crippen molar-refractivity contribution in [3.8, 4) is 0 Å². The maximum absolute atomic E-state index is 10.2. The van der Waals surface area contributed by atoms with Crippen LogP contribution < -0.4 is 0 Å². The molecular weight excluding hydrogens is 265 g/mol. The number of rotatable bonds is 1. The maximum atomic E-state index is 10.2. The van der Waals surface area contributed by atoms with E-state index in [1.807, 2.05) is 0 Å². The van der Waals surface area contributed by atoms with Gasteiger partial charge in [-0.3, -0.25) is 4.79 Å². The van der Waals surface area contributed by atoms with Crippen LogP contribution in [0.2, 0.25) is 10.0 Å². The highest BCUT2D eigenvalue weighted by atomic mass is 35.5. The van der Waals surface area contributed by atoms with E-state index >= 15 is 0 Å². The van der Waals surface area contributed by atoms with Crippen LogP contribution in [0.3, 0.4) is 0 Å². The van der Waals surface area contributed by atoms with E-state index in [1.165, 1.54) is 0 Å². The number of halogens is 2. The van der Waals surface area contributed by atoms with E-state index in [2.05, 4.69) is 10.1 Å². The lowest BCUT2D eigenvalue weighted by atomic mass is 10.3. The smallest absolute Gasteiger partial charge is 0.299 e. The predicted molar refractivity (Wildman–Crippen MR) is 63.4 cm³/mol. The van der Waals surface area contributed by atoms with Gasteiger partial charge in [-0.25, -0.2) is 9.66 Å². The van der Waals surface area contributed by atoms with Gasteiger partial charge < -0.3 is 4.74 Å². The summed E-state index contributed by atoms with van der Waals surface area (Å²) in [5, 5.41) is 5.09. The number of benzene rings is 1. The molecule has 1 aromatic carbocycles. The van der Waals surface area contributed by atoms with Crippen LogP contribution in [0.4, 0.5) is 0 Å². The lowest BCUT2D eigenvalue weighted by Gasteiger charge is -1.98. The molecule has 0 amide bonds. The first kappa shape index (κ1) is 10.6. The zero-order chi connectivity index (χ0) is 12.0. The van der Waals surface area contributed by atoms with Gasteiger partial charge in [-0.05, 0) is 12.1 Å². The Morgan fingerprint density at radius 1 is 1.41 bits per heavy atom. The van der Waals surface area contributed by atoms with E-state index in [1.54, 1.807) is 16.8 Å². The summed E-state index contributed by atoms with van der Waals surface area (Å²) in [4.78, 5) is 14.6. The SMILES string of the molecule is O=COC1=Nn2c(nc3cc(Cl)cc(Cl)c32)C1. The van der Waals surface area contributed by atoms with Crippen molar-refractivity contribution < 1.29 is 9.53 Å².